The molecule has 2 aromatic rings. The van der Waals surface area contributed by atoms with Crippen LogP contribution in [-0.2, 0) is 30.4 Å². The van der Waals surface area contributed by atoms with Gasteiger partial charge in [0.25, 0.3) is 6.10 Å². The molecular formula is C28H22F13NO5S. The highest BCUT2D eigenvalue weighted by atomic mass is 32.2. The van der Waals surface area contributed by atoms with E-state index in [0.29, 0.717) is 29.7 Å². The molecule has 2 aromatic carbocycles. The number of halogens is 13. The molecule has 0 spiro atoms. The fourth-order valence-corrected chi connectivity index (χ4v) is 5.94. The van der Waals surface area contributed by atoms with Crippen molar-refractivity contribution < 1.29 is 79.3 Å². The van der Waals surface area contributed by atoms with E-state index in [4.69, 9.17) is 0 Å². The molecule has 266 valence electrons. The number of esters is 1. The summed E-state index contributed by atoms with van der Waals surface area (Å²) in [7, 11) is -7.37. The number of nitrogens with zero attached hydrogens (tertiary/aromatic N) is 1. The summed E-state index contributed by atoms with van der Waals surface area (Å²) in [5, 5.41) is -4.42. The molecule has 0 N–H and O–H groups in total. The van der Waals surface area contributed by atoms with E-state index in [2.05, 4.69) is 9.02 Å². The van der Waals surface area contributed by atoms with Crippen molar-refractivity contribution in [2.24, 2.45) is 11.1 Å². The predicted octanol–water partition coefficient (Wildman–Crippen LogP) is 8.13. The first-order valence-corrected chi connectivity index (χ1v) is 15.2. The second-order valence-electron chi connectivity index (χ2n) is 11.0. The van der Waals surface area contributed by atoms with Crippen molar-refractivity contribution in [3.63, 3.8) is 0 Å². The van der Waals surface area contributed by atoms with Crippen molar-refractivity contribution in [3.05, 3.63) is 59.2 Å². The van der Waals surface area contributed by atoms with Gasteiger partial charge < -0.3 is 4.74 Å². The van der Waals surface area contributed by atoms with Crippen LogP contribution in [-0.4, -0.2) is 61.8 Å². The molecule has 1 saturated carbocycles. The third kappa shape index (κ3) is 6.55. The van der Waals surface area contributed by atoms with Gasteiger partial charge in [0.1, 0.15) is 0 Å². The Morgan fingerprint density at radius 2 is 1.40 bits per heavy atom. The monoisotopic (exact) mass is 731 g/mol. The van der Waals surface area contributed by atoms with Gasteiger partial charge in [0.2, 0.25) is 0 Å². The molecule has 2 aliphatic rings. The Hall–Kier alpha value is -3.58. The number of carbonyl (C=O) groups is 1. The third-order valence-corrected chi connectivity index (χ3v) is 8.94. The lowest BCUT2D eigenvalue weighted by Crippen LogP contribution is -2.61. The molecule has 0 heterocycles. The number of hydrogen-bond acceptors (Lipinski definition) is 6. The first-order valence-electron chi connectivity index (χ1n) is 13.8. The van der Waals surface area contributed by atoms with Crippen LogP contribution in [0.25, 0.3) is 11.1 Å². The van der Waals surface area contributed by atoms with Crippen molar-refractivity contribution in [3.8, 4) is 11.1 Å². The summed E-state index contributed by atoms with van der Waals surface area (Å²) in [6.07, 6.45) is -15.9. The van der Waals surface area contributed by atoms with Crippen molar-refractivity contribution >= 4 is 21.8 Å². The Morgan fingerprint density at radius 1 is 0.812 bits per heavy atom. The zero-order valence-electron chi connectivity index (χ0n) is 23.8. The van der Waals surface area contributed by atoms with Gasteiger partial charge in [-0.15, -0.1) is 0 Å². The first-order chi connectivity index (χ1) is 22.0. The Balaban J connectivity index is 1.79. The van der Waals surface area contributed by atoms with Gasteiger partial charge in [-0.1, -0.05) is 60.8 Å². The average molecular weight is 732 g/mol. The van der Waals surface area contributed by atoms with Gasteiger partial charge in [-0.25, -0.2) is 8.78 Å². The summed E-state index contributed by atoms with van der Waals surface area (Å²) in [5.41, 5.74) is -3.17. The molecule has 0 saturated heterocycles. The van der Waals surface area contributed by atoms with Crippen LogP contribution in [0, 0.1) is 5.92 Å². The Kier molecular flexibility index (Phi) is 9.86. The summed E-state index contributed by atoms with van der Waals surface area (Å²) in [4.78, 5) is 12.2. The van der Waals surface area contributed by atoms with E-state index in [-0.39, 0.29) is 43.2 Å². The van der Waals surface area contributed by atoms with Crippen LogP contribution in [0.5, 0.6) is 0 Å². The second kappa shape index (κ2) is 12.7. The van der Waals surface area contributed by atoms with Crippen LogP contribution in [0.1, 0.15) is 48.8 Å². The smallest absolute Gasteiger partial charge is 0.432 e. The highest BCUT2D eigenvalue weighted by Crippen LogP contribution is 2.51. The molecule has 1 unspecified atom stereocenters. The standard InChI is InChI=1S/C28H22F13NO5S/c29-23(30)25(33,34)28(40,41)24(31,32)20(16-10-11-19-17(13-16)12-15-8-4-5-9-18(15)19)42-47-48(44,45)27(38,39)22(26(35,36)37)46-21(43)14-6-2-1-3-7-14/h4-5,8-11,13-14,22-23H,1-3,6-7,12H2. The van der Waals surface area contributed by atoms with Crippen LogP contribution >= 0.6 is 0 Å². The van der Waals surface area contributed by atoms with Gasteiger partial charge in [0, 0.05) is 5.56 Å². The fourth-order valence-electron chi connectivity index (χ4n) is 5.22. The Morgan fingerprint density at radius 3 is 1.98 bits per heavy atom. The molecule has 48 heavy (non-hydrogen) atoms. The summed E-state index contributed by atoms with van der Waals surface area (Å²) in [6, 6.07) is 8.03. The summed E-state index contributed by atoms with van der Waals surface area (Å²) in [6.45, 7) is 0. The maximum atomic E-state index is 15.2. The topological polar surface area (TPSA) is 82.0 Å². The number of benzene rings is 2. The normalized spacial score (nSPS) is 17.6. The lowest BCUT2D eigenvalue weighted by Gasteiger charge is -2.33. The molecule has 0 aliphatic heterocycles. The number of rotatable bonds is 11. The fraction of sp³-hybridized carbons (Fsp3) is 0.500. The van der Waals surface area contributed by atoms with E-state index in [1.54, 1.807) is 6.07 Å². The molecule has 0 bridgehead atoms. The molecule has 4 rings (SSSR count). The highest BCUT2D eigenvalue weighted by molar-refractivity contribution is 7.87. The van der Waals surface area contributed by atoms with Gasteiger partial charge in [-0.2, -0.15) is 56.7 Å². The van der Waals surface area contributed by atoms with Gasteiger partial charge in [-0.3, -0.25) is 9.08 Å². The maximum Gasteiger partial charge on any atom is 0.432 e. The average Bonchev–Trinajstić information content (AvgIpc) is 3.37. The second-order valence-corrected chi connectivity index (χ2v) is 12.6. The van der Waals surface area contributed by atoms with Crippen LogP contribution in [0.3, 0.4) is 0 Å². The number of hydrogen-bond donors (Lipinski definition) is 0. The minimum Gasteiger partial charge on any atom is -0.444 e. The van der Waals surface area contributed by atoms with Gasteiger partial charge in [0.15, 0.2) is 5.71 Å². The molecule has 20 heteroatoms. The van der Waals surface area contributed by atoms with Gasteiger partial charge in [0.05, 0.1) is 5.92 Å². The highest BCUT2D eigenvalue weighted by Gasteiger charge is 2.77. The van der Waals surface area contributed by atoms with Crippen LogP contribution in [0.15, 0.2) is 47.6 Å². The van der Waals surface area contributed by atoms with Crippen LogP contribution < -0.4 is 0 Å². The zero-order valence-corrected chi connectivity index (χ0v) is 24.6. The minimum absolute atomic E-state index is 0.0268. The first kappa shape index (κ1) is 37.2. The largest absolute Gasteiger partial charge is 0.444 e. The molecular weight excluding hydrogens is 709 g/mol. The molecule has 0 aromatic heterocycles. The van der Waals surface area contributed by atoms with Crippen LogP contribution in [0.4, 0.5) is 57.1 Å². The molecule has 2 aliphatic carbocycles. The van der Waals surface area contributed by atoms with Crippen molar-refractivity contribution in [2.75, 3.05) is 0 Å². The molecule has 1 atom stereocenters. The zero-order chi connectivity index (χ0) is 36.1. The number of ether oxygens (including phenoxy) is 1. The van der Waals surface area contributed by atoms with Crippen molar-refractivity contribution in [1.82, 2.24) is 0 Å². The SMILES string of the molecule is O=C(OC(C(F)(F)F)C(F)(F)S(=O)(=O)ON=C(c1ccc2c(c1)Cc1ccccc1-2)C(F)(F)C(F)(F)C(F)(F)C(F)F)C1CCCCC1. The summed E-state index contributed by atoms with van der Waals surface area (Å²) in [5.74, 6) is -23.9. The predicted molar refractivity (Wildman–Crippen MR) is 140 cm³/mol. The summed E-state index contributed by atoms with van der Waals surface area (Å²) < 4.78 is 215. The number of fused-ring (bicyclic) bond motifs is 3. The van der Waals surface area contributed by atoms with Gasteiger partial charge >= 0.3 is 51.7 Å². The summed E-state index contributed by atoms with van der Waals surface area (Å²) >= 11 is 0. The van der Waals surface area contributed by atoms with Crippen molar-refractivity contribution in [1.29, 1.82) is 0 Å². The van der Waals surface area contributed by atoms with E-state index >= 15 is 8.78 Å². The third-order valence-electron chi connectivity index (χ3n) is 7.79. The van der Waals surface area contributed by atoms with Gasteiger partial charge in [-0.05, 0) is 47.6 Å². The lowest BCUT2D eigenvalue weighted by atomic mass is 9.89. The Bertz CT molecular complexity index is 1670. The Labute approximate surface area is 263 Å². The number of alkyl halides is 13. The minimum atomic E-state index is -7.37. The number of oxime groups is 1. The van der Waals surface area contributed by atoms with Crippen molar-refractivity contribution in [2.45, 2.75) is 80.3 Å². The number of carbonyl (C=O) groups excluding carboxylic acids is 1. The molecule has 1 fully saturated rings. The molecule has 0 radical (unpaired) electrons. The van der Waals surface area contributed by atoms with E-state index in [0.717, 1.165) is 6.07 Å². The molecule has 0 amide bonds. The van der Waals surface area contributed by atoms with Crippen LogP contribution in [0.2, 0.25) is 0 Å². The quantitative estimate of drug-likeness (QED) is 0.0862. The lowest BCUT2D eigenvalue weighted by molar-refractivity contribution is -0.319. The van der Waals surface area contributed by atoms with E-state index < -0.39 is 75.0 Å². The maximum absolute atomic E-state index is 15.2. The van der Waals surface area contributed by atoms with E-state index in [1.165, 1.54) is 18.2 Å². The van der Waals surface area contributed by atoms with E-state index in [1.807, 2.05) is 5.16 Å². The van der Waals surface area contributed by atoms with E-state index in [9.17, 15) is 61.5 Å². The molecule has 6 nitrogen and oxygen atoms in total.